The molecule has 6 N–H and O–H groups in total. The summed E-state index contributed by atoms with van der Waals surface area (Å²) in [5.74, 6) is -0.540. The third-order valence-corrected chi connectivity index (χ3v) is 5.53. The van der Waals surface area contributed by atoms with Gasteiger partial charge < -0.3 is 39.8 Å². The van der Waals surface area contributed by atoms with Crippen LogP contribution in [0.3, 0.4) is 0 Å². The Kier molecular flexibility index (Phi) is 8.85. The molecule has 2 rings (SSSR count). The predicted molar refractivity (Wildman–Crippen MR) is 91.2 cm³/mol. The number of aliphatic hydroxyl groups is 2. The fourth-order valence-corrected chi connectivity index (χ4v) is 4.06. The molecule has 0 aromatic rings. The fourth-order valence-electron chi connectivity index (χ4n) is 3.06. The van der Waals surface area contributed by atoms with Crippen LogP contribution in [-0.4, -0.2) is 91.6 Å². The number of nitrogens with two attached hydrogens (primary N) is 1. The minimum absolute atomic E-state index is 0.0687. The van der Waals surface area contributed by atoms with Gasteiger partial charge in [0.2, 0.25) is 0 Å². The molecule has 0 amide bonds. The van der Waals surface area contributed by atoms with Crippen LogP contribution in [-0.2, 0) is 32.6 Å². The van der Waals surface area contributed by atoms with Crippen LogP contribution in [0.2, 0.25) is 0 Å². The lowest BCUT2D eigenvalue weighted by molar-refractivity contribution is -0.169. The molecule has 0 bridgehead atoms. The third-order valence-electron chi connectivity index (χ3n) is 4.54. The van der Waals surface area contributed by atoms with E-state index in [1.807, 2.05) is 0 Å². The van der Waals surface area contributed by atoms with Gasteiger partial charge in [-0.1, -0.05) is 0 Å². The molecule has 5 unspecified atom stereocenters. The SMILES string of the molecule is CCOC[C@H]1CO[C@@H](N)C(O)C1OP(=O)(O)OC[C@H]1O[C@@H](N=N)C(O)C1OC. The second kappa shape index (κ2) is 10.5. The average Bonchev–Trinajstić information content (AvgIpc) is 2.98. The zero-order valence-electron chi connectivity index (χ0n) is 15.6. The molecular formula is C14H28N3O10P. The number of phosphoric ester groups is 1. The van der Waals surface area contributed by atoms with Crippen molar-refractivity contribution in [3.8, 4) is 0 Å². The maximum Gasteiger partial charge on any atom is 0.472 e. The maximum absolute atomic E-state index is 12.4. The number of rotatable bonds is 10. The molecule has 164 valence electrons. The van der Waals surface area contributed by atoms with Crippen molar-refractivity contribution in [2.24, 2.45) is 16.8 Å². The number of methoxy groups -OCH3 is 1. The van der Waals surface area contributed by atoms with Crippen molar-refractivity contribution in [2.75, 3.05) is 33.5 Å². The quantitative estimate of drug-likeness (QED) is 0.210. The van der Waals surface area contributed by atoms with Crippen molar-refractivity contribution in [2.45, 2.75) is 49.9 Å². The van der Waals surface area contributed by atoms with Crippen molar-refractivity contribution in [1.82, 2.24) is 0 Å². The van der Waals surface area contributed by atoms with Gasteiger partial charge in [0.25, 0.3) is 0 Å². The number of hydrogen-bond acceptors (Lipinski definition) is 12. The fraction of sp³-hybridized carbons (Fsp3) is 1.00. The second-order valence-electron chi connectivity index (χ2n) is 6.43. The maximum atomic E-state index is 12.4. The summed E-state index contributed by atoms with van der Waals surface area (Å²) in [7, 11) is -3.34. The van der Waals surface area contributed by atoms with Crippen LogP contribution in [0.15, 0.2) is 5.11 Å². The molecule has 28 heavy (non-hydrogen) atoms. The van der Waals surface area contributed by atoms with E-state index in [4.69, 9.17) is 39.3 Å². The minimum Gasteiger partial charge on any atom is -0.386 e. The molecule has 0 radical (unpaired) electrons. The molecule has 13 nitrogen and oxygen atoms in total. The normalized spacial score (nSPS) is 40.9. The van der Waals surface area contributed by atoms with Crippen molar-refractivity contribution in [3.05, 3.63) is 0 Å². The van der Waals surface area contributed by atoms with Gasteiger partial charge in [-0.15, -0.1) is 0 Å². The van der Waals surface area contributed by atoms with Crippen molar-refractivity contribution in [3.63, 3.8) is 0 Å². The van der Waals surface area contributed by atoms with Gasteiger partial charge in [0.05, 0.1) is 19.8 Å². The van der Waals surface area contributed by atoms with E-state index in [1.165, 1.54) is 7.11 Å². The van der Waals surface area contributed by atoms with Crippen LogP contribution in [0.25, 0.3) is 0 Å². The molecule has 0 saturated carbocycles. The molecule has 2 aliphatic rings. The number of ether oxygens (including phenoxy) is 4. The summed E-state index contributed by atoms with van der Waals surface area (Å²) in [5.41, 5.74) is 12.6. The molecule has 2 heterocycles. The number of phosphoric acid groups is 1. The van der Waals surface area contributed by atoms with E-state index in [9.17, 15) is 19.7 Å². The summed E-state index contributed by atoms with van der Waals surface area (Å²) in [5, 5.41) is 23.3. The van der Waals surface area contributed by atoms with Gasteiger partial charge in [-0.05, 0) is 6.92 Å². The van der Waals surface area contributed by atoms with Crippen LogP contribution in [0.5, 0.6) is 0 Å². The molecule has 9 atom stereocenters. The molecule has 0 spiro atoms. The Hall–Kier alpha value is -0.570. The Morgan fingerprint density at radius 1 is 1.29 bits per heavy atom. The van der Waals surface area contributed by atoms with Gasteiger partial charge in [0, 0.05) is 19.6 Å². The monoisotopic (exact) mass is 429 g/mol. The van der Waals surface area contributed by atoms with Crippen LogP contribution in [0, 0.1) is 11.4 Å². The van der Waals surface area contributed by atoms with Gasteiger partial charge in [-0.25, -0.2) is 10.1 Å². The van der Waals surface area contributed by atoms with Gasteiger partial charge in [-0.2, -0.15) is 5.11 Å². The molecule has 2 saturated heterocycles. The highest BCUT2D eigenvalue weighted by Gasteiger charge is 2.47. The first-order valence-electron chi connectivity index (χ1n) is 8.75. The molecule has 14 heteroatoms. The van der Waals surface area contributed by atoms with Gasteiger partial charge >= 0.3 is 7.82 Å². The first kappa shape index (κ1) is 23.7. The average molecular weight is 429 g/mol. The van der Waals surface area contributed by atoms with Crippen LogP contribution in [0.1, 0.15) is 6.92 Å². The Labute approximate surface area is 162 Å². The zero-order valence-corrected chi connectivity index (χ0v) is 16.5. The summed E-state index contributed by atoms with van der Waals surface area (Å²) in [6.07, 6.45) is -7.87. The Morgan fingerprint density at radius 3 is 2.61 bits per heavy atom. The largest absolute Gasteiger partial charge is 0.472 e. The van der Waals surface area contributed by atoms with Crippen LogP contribution in [0.4, 0.5) is 0 Å². The molecule has 2 aliphatic heterocycles. The molecule has 0 aromatic carbocycles. The van der Waals surface area contributed by atoms with Crippen molar-refractivity contribution in [1.29, 1.82) is 5.53 Å². The van der Waals surface area contributed by atoms with Gasteiger partial charge in [0.1, 0.15) is 36.7 Å². The summed E-state index contributed by atoms with van der Waals surface area (Å²) in [4.78, 5) is 10.1. The highest BCUT2D eigenvalue weighted by Crippen LogP contribution is 2.47. The predicted octanol–water partition coefficient (Wildman–Crippen LogP) is -1.05. The standard InChI is InChI=1S/C14H28N3O10P/c1-3-23-4-7-5-24-13(15)9(18)11(7)27-28(20,21)25-6-8-12(22-2)10(19)14(17-16)26-8/h7-14,16,18-19H,3-6,15H2,1-2H3,(H,20,21)/t7-,8+,9?,10?,11?,12?,13+,14+/m0/s1. The Balaban J connectivity index is 1.98. The summed E-state index contributed by atoms with van der Waals surface area (Å²) in [6, 6.07) is 0. The number of aliphatic hydroxyl groups excluding tert-OH is 2. The number of nitrogens with zero attached hydrogens (tertiary/aromatic N) is 1. The minimum atomic E-state index is -4.65. The number of nitrogens with one attached hydrogen (secondary N) is 1. The summed E-state index contributed by atoms with van der Waals surface area (Å²) >= 11 is 0. The van der Waals surface area contributed by atoms with E-state index in [2.05, 4.69) is 5.11 Å². The third kappa shape index (κ3) is 5.74. The van der Waals surface area contributed by atoms with E-state index in [1.54, 1.807) is 6.92 Å². The highest BCUT2D eigenvalue weighted by molar-refractivity contribution is 7.47. The van der Waals surface area contributed by atoms with E-state index in [0.29, 0.717) is 6.61 Å². The smallest absolute Gasteiger partial charge is 0.386 e. The first-order chi connectivity index (χ1) is 13.2. The van der Waals surface area contributed by atoms with E-state index in [0.717, 1.165) is 0 Å². The Morgan fingerprint density at radius 2 is 2.00 bits per heavy atom. The van der Waals surface area contributed by atoms with Crippen molar-refractivity contribution >= 4 is 7.82 Å². The Bertz CT molecular complexity index is 555. The lowest BCUT2D eigenvalue weighted by Crippen LogP contribution is -2.55. The first-order valence-corrected chi connectivity index (χ1v) is 10.2. The molecule has 2 fully saturated rings. The van der Waals surface area contributed by atoms with Gasteiger partial charge in [0.15, 0.2) is 6.23 Å². The summed E-state index contributed by atoms with van der Waals surface area (Å²) < 4.78 is 43.4. The lowest BCUT2D eigenvalue weighted by atomic mass is 9.96. The lowest BCUT2D eigenvalue weighted by Gasteiger charge is -2.38. The highest BCUT2D eigenvalue weighted by atomic mass is 31.2. The van der Waals surface area contributed by atoms with Crippen LogP contribution < -0.4 is 5.73 Å². The van der Waals surface area contributed by atoms with E-state index in [-0.39, 0.29) is 13.2 Å². The van der Waals surface area contributed by atoms with Crippen LogP contribution >= 0.6 is 7.82 Å². The van der Waals surface area contributed by atoms with E-state index < -0.39 is 63.3 Å². The van der Waals surface area contributed by atoms with Gasteiger partial charge in [-0.3, -0.25) is 9.05 Å². The summed E-state index contributed by atoms with van der Waals surface area (Å²) in [6.45, 7) is 1.90. The molecule has 0 aliphatic carbocycles. The van der Waals surface area contributed by atoms with Crippen molar-refractivity contribution < 1.29 is 47.7 Å². The molecule has 0 aromatic heterocycles. The second-order valence-corrected chi connectivity index (χ2v) is 7.83. The molecular weight excluding hydrogens is 401 g/mol. The number of hydrogen-bond donors (Lipinski definition) is 5. The zero-order chi connectivity index (χ0) is 20.9. The van der Waals surface area contributed by atoms with E-state index >= 15 is 0 Å². The topological polar surface area (TPSA) is 195 Å².